The van der Waals surface area contributed by atoms with E-state index in [9.17, 15) is 9.90 Å². The summed E-state index contributed by atoms with van der Waals surface area (Å²) in [7, 11) is 0. The van der Waals surface area contributed by atoms with E-state index < -0.39 is 5.97 Å². The lowest BCUT2D eigenvalue weighted by Gasteiger charge is -2.24. The van der Waals surface area contributed by atoms with Crippen molar-refractivity contribution in [3.05, 3.63) is 11.1 Å². The second-order valence-corrected chi connectivity index (χ2v) is 4.62. The van der Waals surface area contributed by atoms with Crippen molar-refractivity contribution in [1.82, 2.24) is 0 Å². The van der Waals surface area contributed by atoms with Crippen LogP contribution in [0, 0.1) is 17.8 Å². The Morgan fingerprint density at radius 2 is 1.21 bits per heavy atom. The van der Waals surface area contributed by atoms with Gasteiger partial charge in [-0.1, -0.05) is 47.1 Å². The van der Waals surface area contributed by atoms with Crippen LogP contribution in [-0.4, -0.2) is 5.97 Å². The van der Waals surface area contributed by atoms with Gasteiger partial charge < -0.3 is 9.90 Å². The van der Waals surface area contributed by atoms with Gasteiger partial charge in [-0.05, 0) is 23.3 Å². The Morgan fingerprint density at radius 3 is 1.29 bits per heavy atom. The summed E-state index contributed by atoms with van der Waals surface area (Å²) in [6, 6.07) is 0. The van der Waals surface area contributed by atoms with Gasteiger partial charge in [-0.2, -0.15) is 0 Å². The maximum atomic E-state index is 11.0. The Kier molecular flexibility index (Phi) is 4.89. The Labute approximate surface area is 87.0 Å². The quantitative estimate of drug-likeness (QED) is 0.647. The zero-order valence-electron chi connectivity index (χ0n) is 10.0. The summed E-state index contributed by atoms with van der Waals surface area (Å²) < 4.78 is 0. The molecule has 0 amide bonds. The first-order chi connectivity index (χ1) is 6.29. The van der Waals surface area contributed by atoms with Crippen molar-refractivity contribution < 1.29 is 9.90 Å². The maximum absolute atomic E-state index is 11.0. The van der Waals surface area contributed by atoms with E-state index in [1.165, 1.54) is 0 Å². The third kappa shape index (κ3) is 3.17. The van der Waals surface area contributed by atoms with Crippen LogP contribution < -0.4 is 5.11 Å². The van der Waals surface area contributed by atoms with E-state index >= 15 is 0 Å². The van der Waals surface area contributed by atoms with Crippen LogP contribution in [0.5, 0.6) is 0 Å². The van der Waals surface area contributed by atoms with Crippen molar-refractivity contribution in [2.75, 3.05) is 0 Å². The first kappa shape index (κ1) is 13.2. The van der Waals surface area contributed by atoms with Gasteiger partial charge in [-0.25, -0.2) is 0 Å². The van der Waals surface area contributed by atoms with Crippen LogP contribution in [0.15, 0.2) is 11.1 Å². The summed E-state index contributed by atoms with van der Waals surface area (Å²) in [5, 5.41) is 11.0. The summed E-state index contributed by atoms with van der Waals surface area (Å²) in [5.74, 6) is -0.451. The predicted octanol–water partition coefficient (Wildman–Crippen LogP) is 2.00. The van der Waals surface area contributed by atoms with Crippen molar-refractivity contribution in [1.29, 1.82) is 0 Å². The average Bonchev–Trinajstić information content (AvgIpc) is 1.96. The van der Waals surface area contributed by atoms with Gasteiger partial charge in [0, 0.05) is 0 Å². The van der Waals surface area contributed by atoms with E-state index in [4.69, 9.17) is 0 Å². The molecule has 2 nitrogen and oxygen atoms in total. The van der Waals surface area contributed by atoms with Crippen molar-refractivity contribution in [3.8, 4) is 0 Å². The normalized spacial score (nSPS) is 11.2. The molecule has 82 valence electrons. The first-order valence-corrected chi connectivity index (χ1v) is 5.24. The van der Waals surface area contributed by atoms with E-state index in [0.717, 1.165) is 5.57 Å². The minimum absolute atomic E-state index is 0.0276. The molecule has 0 aliphatic rings. The predicted molar refractivity (Wildman–Crippen MR) is 56.5 cm³/mol. The lowest BCUT2D eigenvalue weighted by atomic mass is 9.84. The van der Waals surface area contributed by atoms with Gasteiger partial charge >= 0.3 is 0 Å². The Morgan fingerprint density at radius 1 is 0.857 bits per heavy atom. The smallest absolute Gasteiger partial charge is 0.0677 e. The van der Waals surface area contributed by atoms with Gasteiger partial charge in [0.05, 0.1) is 5.97 Å². The molecule has 2 heteroatoms. The van der Waals surface area contributed by atoms with Crippen LogP contribution >= 0.6 is 0 Å². The van der Waals surface area contributed by atoms with Crippen molar-refractivity contribution >= 4 is 5.97 Å². The SMILES string of the molecule is CC(C)C(C(=O)[O-])=C(C(C)C)C(C)C. The molecule has 0 N–H and O–H groups in total. The molecular weight excluding hydrogens is 176 g/mol. The summed E-state index contributed by atoms with van der Waals surface area (Å²) >= 11 is 0. The molecule has 0 fully saturated rings. The lowest BCUT2D eigenvalue weighted by molar-refractivity contribution is -0.300. The number of allylic oxidation sites excluding steroid dienone is 1. The fourth-order valence-electron chi connectivity index (χ4n) is 1.98. The fraction of sp³-hybridized carbons (Fsp3) is 0.750. The summed E-state index contributed by atoms with van der Waals surface area (Å²) in [6.07, 6.45) is 0. The number of carbonyl (C=O) groups excluding carboxylic acids is 1. The van der Waals surface area contributed by atoms with E-state index in [1.54, 1.807) is 0 Å². The Bertz CT molecular complexity index is 225. The van der Waals surface area contributed by atoms with Gasteiger partial charge in [0.25, 0.3) is 0 Å². The first-order valence-electron chi connectivity index (χ1n) is 5.24. The second kappa shape index (κ2) is 5.18. The largest absolute Gasteiger partial charge is 0.545 e. The molecule has 0 unspecified atom stereocenters. The molecule has 0 aliphatic heterocycles. The molecule has 0 atom stereocenters. The number of aliphatic carboxylic acids is 1. The highest BCUT2D eigenvalue weighted by atomic mass is 16.4. The van der Waals surface area contributed by atoms with E-state index in [1.807, 2.05) is 41.5 Å². The Balaban J connectivity index is 5.39. The fourth-order valence-corrected chi connectivity index (χ4v) is 1.98. The van der Waals surface area contributed by atoms with Gasteiger partial charge in [-0.15, -0.1) is 0 Å². The summed E-state index contributed by atoms with van der Waals surface area (Å²) in [6.45, 7) is 11.9. The molecule has 0 aromatic carbocycles. The average molecular weight is 197 g/mol. The van der Waals surface area contributed by atoms with Crippen LogP contribution in [0.4, 0.5) is 0 Å². The molecule has 0 heterocycles. The van der Waals surface area contributed by atoms with Crippen molar-refractivity contribution in [3.63, 3.8) is 0 Å². The van der Waals surface area contributed by atoms with Crippen molar-refractivity contribution in [2.45, 2.75) is 41.5 Å². The topological polar surface area (TPSA) is 40.1 Å². The molecule has 0 rings (SSSR count). The summed E-state index contributed by atoms with van der Waals surface area (Å²) in [5.41, 5.74) is 1.50. The molecule has 0 saturated carbocycles. The number of hydrogen-bond donors (Lipinski definition) is 0. The Hall–Kier alpha value is -0.790. The third-order valence-corrected chi connectivity index (χ3v) is 2.35. The molecule has 0 aliphatic carbocycles. The van der Waals surface area contributed by atoms with E-state index in [-0.39, 0.29) is 17.8 Å². The number of carboxylic acid groups (broad SMARTS) is 1. The highest BCUT2D eigenvalue weighted by Gasteiger charge is 2.17. The minimum Gasteiger partial charge on any atom is -0.545 e. The van der Waals surface area contributed by atoms with Gasteiger partial charge in [0.2, 0.25) is 0 Å². The zero-order chi connectivity index (χ0) is 11.5. The van der Waals surface area contributed by atoms with Crippen LogP contribution in [-0.2, 0) is 4.79 Å². The molecule has 0 bridgehead atoms. The second-order valence-electron chi connectivity index (χ2n) is 4.62. The number of hydrogen-bond acceptors (Lipinski definition) is 2. The minimum atomic E-state index is -1.02. The number of carbonyl (C=O) groups is 1. The molecule has 0 aromatic heterocycles. The zero-order valence-corrected chi connectivity index (χ0v) is 10.0. The van der Waals surface area contributed by atoms with Crippen LogP contribution in [0.2, 0.25) is 0 Å². The standard InChI is InChI=1S/C12H22O2/c1-7(2)10(8(3)4)11(9(5)6)12(13)14/h7-9H,1-6H3,(H,13,14)/p-1. The monoisotopic (exact) mass is 197 g/mol. The van der Waals surface area contributed by atoms with Crippen molar-refractivity contribution in [2.24, 2.45) is 17.8 Å². The molecule has 0 spiro atoms. The van der Waals surface area contributed by atoms with Gasteiger partial charge in [0.15, 0.2) is 0 Å². The molecule has 0 aromatic rings. The number of rotatable bonds is 4. The van der Waals surface area contributed by atoms with Crippen LogP contribution in [0.3, 0.4) is 0 Å². The molecule has 0 saturated heterocycles. The van der Waals surface area contributed by atoms with Crippen LogP contribution in [0.1, 0.15) is 41.5 Å². The van der Waals surface area contributed by atoms with Crippen LogP contribution in [0.25, 0.3) is 0 Å². The lowest BCUT2D eigenvalue weighted by Crippen LogP contribution is -2.30. The van der Waals surface area contributed by atoms with Gasteiger partial charge in [-0.3, -0.25) is 0 Å². The highest BCUT2D eigenvalue weighted by molar-refractivity contribution is 5.86. The molecule has 14 heavy (non-hydrogen) atoms. The molecular formula is C12H21O2-. The maximum Gasteiger partial charge on any atom is 0.0677 e. The highest BCUT2D eigenvalue weighted by Crippen LogP contribution is 2.27. The summed E-state index contributed by atoms with van der Waals surface area (Å²) in [4.78, 5) is 11.0. The molecule has 0 radical (unpaired) electrons. The van der Waals surface area contributed by atoms with E-state index in [0.29, 0.717) is 5.57 Å². The third-order valence-electron chi connectivity index (χ3n) is 2.35. The van der Waals surface area contributed by atoms with E-state index in [2.05, 4.69) is 0 Å². The number of carboxylic acids is 1. The van der Waals surface area contributed by atoms with Gasteiger partial charge in [0.1, 0.15) is 0 Å².